The van der Waals surface area contributed by atoms with Crippen LogP contribution in [-0.2, 0) is 9.05 Å². The Morgan fingerprint density at radius 1 is 1.56 bits per heavy atom. The van der Waals surface area contributed by atoms with Crippen molar-refractivity contribution >= 4 is 37.0 Å². The summed E-state index contributed by atoms with van der Waals surface area (Å²) in [6.45, 7) is 4.77. The van der Waals surface area contributed by atoms with E-state index < -0.39 is 9.05 Å². The van der Waals surface area contributed by atoms with E-state index in [0.717, 1.165) is 17.8 Å². The van der Waals surface area contributed by atoms with E-state index in [0.29, 0.717) is 18.0 Å². The molecule has 0 N–H and O–H groups in total. The van der Waals surface area contributed by atoms with Crippen molar-refractivity contribution in [2.45, 2.75) is 24.5 Å². The van der Waals surface area contributed by atoms with E-state index in [4.69, 9.17) is 10.7 Å². The van der Waals surface area contributed by atoms with Crippen molar-refractivity contribution in [2.24, 2.45) is 5.92 Å². The van der Waals surface area contributed by atoms with Crippen LogP contribution in [0, 0.1) is 5.92 Å². The number of carbonyl (C=O) groups excluding carboxylic acids is 1. The maximum atomic E-state index is 12.0. The summed E-state index contributed by atoms with van der Waals surface area (Å²) in [4.78, 5) is 13.6. The lowest BCUT2D eigenvalue weighted by atomic mass is 10.1. The number of nitrogens with zero attached hydrogens (tertiary/aromatic N) is 1. The van der Waals surface area contributed by atoms with Crippen molar-refractivity contribution in [3.8, 4) is 0 Å². The van der Waals surface area contributed by atoms with Crippen molar-refractivity contribution < 1.29 is 13.2 Å². The fourth-order valence-corrected chi connectivity index (χ4v) is 3.40. The van der Waals surface area contributed by atoms with Gasteiger partial charge >= 0.3 is 0 Å². The molecule has 1 aromatic rings. The summed E-state index contributed by atoms with van der Waals surface area (Å²) in [5.74, 6) is 0.229. The van der Waals surface area contributed by atoms with Crippen LogP contribution in [0.3, 0.4) is 0 Å². The van der Waals surface area contributed by atoms with Crippen LogP contribution in [0.15, 0.2) is 15.7 Å². The maximum absolute atomic E-state index is 12.0. The fraction of sp³-hybridized carbons (Fsp3) is 0.545. The van der Waals surface area contributed by atoms with E-state index in [1.807, 2.05) is 0 Å². The Morgan fingerprint density at radius 2 is 2.17 bits per heavy atom. The van der Waals surface area contributed by atoms with Gasteiger partial charge in [0.2, 0.25) is 0 Å². The van der Waals surface area contributed by atoms with Crippen LogP contribution in [0.25, 0.3) is 0 Å². The molecule has 1 rings (SSSR count). The molecule has 0 aliphatic heterocycles. The zero-order valence-corrected chi connectivity index (χ0v) is 12.9. The molecule has 18 heavy (non-hydrogen) atoms. The Labute approximate surface area is 116 Å². The van der Waals surface area contributed by atoms with Crippen molar-refractivity contribution in [1.29, 1.82) is 0 Å². The number of rotatable bonds is 5. The average molecular weight is 310 g/mol. The Kier molecular flexibility index (Phi) is 5.19. The maximum Gasteiger partial charge on any atom is 0.270 e. The van der Waals surface area contributed by atoms with E-state index in [1.165, 1.54) is 11.4 Å². The van der Waals surface area contributed by atoms with Gasteiger partial charge in [0.05, 0.1) is 5.56 Å². The van der Waals surface area contributed by atoms with Crippen molar-refractivity contribution in [3.05, 3.63) is 17.0 Å². The number of halogens is 1. The monoisotopic (exact) mass is 309 g/mol. The van der Waals surface area contributed by atoms with Crippen LogP contribution in [0.5, 0.6) is 0 Å². The van der Waals surface area contributed by atoms with Gasteiger partial charge in [-0.25, -0.2) is 8.42 Å². The van der Waals surface area contributed by atoms with Gasteiger partial charge in [0.15, 0.2) is 0 Å². The van der Waals surface area contributed by atoms with Crippen molar-refractivity contribution in [1.82, 2.24) is 4.90 Å². The molecule has 1 aromatic heterocycles. The topological polar surface area (TPSA) is 54.5 Å². The van der Waals surface area contributed by atoms with Crippen molar-refractivity contribution in [2.75, 3.05) is 13.6 Å². The molecule has 0 spiro atoms. The van der Waals surface area contributed by atoms with Gasteiger partial charge in [-0.1, -0.05) is 20.3 Å². The van der Waals surface area contributed by atoms with Gasteiger partial charge in [-0.3, -0.25) is 4.79 Å². The SMILES string of the molecule is CCC(C)CN(C)C(=O)c1csc(S(=O)(=O)Cl)c1. The van der Waals surface area contributed by atoms with Gasteiger partial charge in [0.1, 0.15) is 4.21 Å². The molecule has 102 valence electrons. The predicted octanol–water partition coefficient (Wildman–Crippen LogP) is 2.79. The number of thiophene rings is 1. The molecule has 1 heterocycles. The summed E-state index contributed by atoms with van der Waals surface area (Å²) in [7, 11) is 3.18. The van der Waals surface area contributed by atoms with E-state index in [9.17, 15) is 13.2 Å². The zero-order chi connectivity index (χ0) is 13.9. The van der Waals surface area contributed by atoms with E-state index in [1.54, 1.807) is 11.9 Å². The van der Waals surface area contributed by atoms with E-state index in [-0.39, 0.29) is 10.1 Å². The van der Waals surface area contributed by atoms with Gasteiger partial charge in [0.25, 0.3) is 15.0 Å². The van der Waals surface area contributed by atoms with Crippen LogP contribution in [0.2, 0.25) is 0 Å². The first-order valence-corrected chi connectivity index (χ1v) is 8.73. The highest BCUT2D eigenvalue weighted by molar-refractivity contribution is 8.15. The summed E-state index contributed by atoms with van der Waals surface area (Å²) in [6.07, 6.45) is 0.989. The molecule has 1 unspecified atom stereocenters. The second-order valence-electron chi connectivity index (χ2n) is 4.29. The van der Waals surface area contributed by atoms with Crippen LogP contribution >= 0.6 is 22.0 Å². The third-order valence-corrected chi connectivity index (χ3v) is 5.73. The molecule has 0 aliphatic carbocycles. The zero-order valence-electron chi connectivity index (χ0n) is 10.5. The predicted molar refractivity (Wildman–Crippen MR) is 73.8 cm³/mol. The lowest BCUT2D eigenvalue weighted by Crippen LogP contribution is -2.30. The number of amides is 1. The summed E-state index contributed by atoms with van der Waals surface area (Å²) < 4.78 is 22.2. The second kappa shape index (κ2) is 6.04. The minimum absolute atomic E-state index is 0.00413. The summed E-state index contributed by atoms with van der Waals surface area (Å²) in [5.41, 5.74) is 0.366. The molecule has 0 saturated carbocycles. The lowest BCUT2D eigenvalue weighted by molar-refractivity contribution is 0.0775. The normalized spacial score (nSPS) is 13.3. The van der Waals surface area contributed by atoms with E-state index >= 15 is 0 Å². The highest BCUT2D eigenvalue weighted by Crippen LogP contribution is 2.24. The standard InChI is InChI=1S/C11H16ClNO3S2/c1-4-8(2)6-13(3)11(14)9-5-10(17-7-9)18(12,15)16/h5,7-8H,4,6H2,1-3H3. The lowest BCUT2D eigenvalue weighted by Gasteiger charge is -2.20. The Bertz CT molecular complexity index is 524. The molecule has 4 nitrogen and oxygen atoms in total. The minimum atomic E-state index is -3.75. The summed E-state index contributed by atoms with van der Waals surface area (Å²) >= 11 is 0.959. The van der Waals surface area contributed by atoms with Crippen molar-refractivity contribution in [3.63, 3.8) is 0 Å². The molecule has 7 heteroatoms. The van der Waals surface area contributed by atoms with Gasteiger partial charge in [-0.2, -0.15) is 0 Å². The summed E-state index contributed by atoms with van der Waals surface area (Å²) in [5, 5.41) is 1.52. The third kappa shape index (κ3) is 3.96. The number of carbonyl (C=O) groups is 1. The Morgan fingerprint density at radius 3 is 2.61 bits per heavy atom. The molecule has 0 aromatic carbocycles. The first-order valence-electron chi connectivity index (χ1n) is 5.54. The molecule has 1 atom stereocenters. The molecular weight excluding hydrogens is 294 g/mol. The van der Waals surface area contributed by atoms with Gasteiger partial charge < -0.3 is 4.90 Å². The minimum Gasteiger partial charge on any atom is -0.341 e. The first-order chi connectivity index (χ1) is 8.25. The number of hydrogen-bond acceptors (Lipinski definition) is 4. The van der Waals surface area contributed by atoms with E-state index in [2.05, 4.69) is 13.8 Å². The molecular formula is C11H16ClNO3S2. The van der Waals surface area contributed by atoms with Gasteiger partial charge in [-0.15, -0.1) is 11.3 Å². The largest absolute Gasteiger partial charge is 0.341 e. The van der Waals surface area contributed by atoms with Crippen LogP contribution in [0.1, 0.15) is 30.6 Å². The Balaban J connectivity index is 2.82. The molecule has 0 saturated heterocycles. The van der Waals surface area contributed by atoms with Crippen LogP contribution < -0.4 is 0 Å². The van der Waals surface area contributed by atoms with Gasteiger partial charge in [0, 0.05) is 29.7 Å². The smallest absolute Gasteiger partial charge is 0.270 e. The number of hydrogen-bond donors (Lipinski definition) is 0. The second-order valence-corrected chi connectivity index (χ2v) is 8.00. The van der Waals surface area contributed by atoms with Crippen LogP contribution in [-0.4, -0.2) is 32.8 Å². The van der Waals surface area contributed by atoms with Gasteiger partial charge in [-0.05, 0) is 12.0 Å². The first kappa shape index (κ1) is 15.5. The quantitative estimate of drug-likeness (QED) is 0.786. The highest BCUT2D eigenvalue weighted by Gasteiger charge is 2.19. The molecule has 0 fully saturated rings. The fourth-order valence-electron chi connectivity index (χ4n) is 1.46. The molecule has 0 aliphatic rings. The Hall–Kier alpha value is -0.590. The molecule has 1 amide bonds. The third-order valence-electron chi connectivity index (χ3n) is 2.69. The van der Waals surface area contributed by atoms with Crippen LogP contribution in [0.4, 0.5) is 0 Å². The highest BCUT2D eigenvalue weighted by atomic mass is 35.7. The molecule has 0 radical (unpaired) electrons. The molecule has 0 bridgehead atoms. The summed E-state index contributed by atoms with van der Waals surface area (Å²) in [6, 6.07) is 1.32. The average Bonchev–Trinajstić information content (AvgIpc) is 2.76.